The second-order valence-corrected chi connectivity index (χ2v) is 7.94. The quantitative estimate of drug-likeness (QED) is 0.943. The topological polar surface area (TPSA) is 49.4 Å². The average Bonchev–Trinajstić information content (AvgIpc) is 2.69. The van der Waals surface area contributed by atoms with E-state index in [0.717, 1.165) is 15.4 Å². The molecule has 0 atom stereocenters. The van der Waals surface area contributed by atoms with Crippen LogP contribution in [-0.4, -0.2) is 22.5 Å². The van der Waals surface area contributed by atoms with Gasteiger partial charge < -0.3 is 4.90 Å². The lowest BCUT2D eigenvalue weighted by Crippen LogP contribution is -2.13. The van der Waals surface area contributed by atoms with Crippen molar-refractivity contribution in [3.05, 3.63) is 40.1 Å². The third-order valence-electron chi connectivity index (χ3n) is 2.92. The third kappa shape index (κ3) is 3.13. The van der Waals surface area contributed by atoms with E-state index in [4.69, 9.17) is 0 Å². The Morgan fingerprint density at radius 1 is 1.10 bits per heavy atom. The van der Waals surface area contributed by atoms with E-state index >= 15 is 0 Å². The summed E-state index contributed by atoms with van der Waals surface area (Å²) in [6.45, 7) is 3.73. The van der Waals surface area contributed by atoms with E-state index in [-0.39, 0.29) is 0 Å². The number of rotatable bonds is 4. The normalized spacial score (nSPS) is 11.4. The first-order valence-corrected chi connectivity index (χ1v) is 8.47. The highest BCUT2D eigenvalue weighted by Gasteiger charge is 2.19. The zero-order valence-electron chi connectivity index (χ0n) is 12.0. The van der Waals surface area contributed by atoms with Crippen LogP contribution in [0.2, 0.25) is 0 Å². The molecule has 108 valence electrons. The number of benzene rings is 1. The lowest BCUT2D eigenvalue weighted by Gasteiger charge is -2.13. The van der Waals surface area contributed by atoms with Crippen molar-refractivity contribution in [2.45, 2.75) is 18.7 Å². The maximum absolute atomic E-state index is 12.3. The highest BCUT2D eigenvalue weighted by molar-refractivity contribution is 7.93. The monoisotopic (exact) mass is 310 g/mol. The lowest BCUT2D eigenvalue weighted by atomic mass is 10.3. The van der Waals surface area contributed by atoms with Gasteiger partial charge in [-0.3, -0.25) is 4.72 Å². The maximum Gasteiger partial charge on any atom is 0.262 e. The minimum atomic E-state index is -3.51. The van der Waals surface area contributed by atoms with Gasteiger partial charge in [-0.2, -0.15) is 0 Å². The van der Waals surface area contributed by atoms with Crippen molar-refractivity contribution < 1.29 is 8.42 Å². The summed E-state index contributed by atoms with van der Waals surface area (Å²) in [7, 11) is 0.373. The van der Waals surface area contributed by atoms with Crippen molar-refractivity contribution in [2.75, 3.05) is 23.7 Å². The van der Waals surface area contributed by atoms with E-state index in [2.05, 4.69) is 4.72 Å². The first kappa shape index (κ1) is 14.9. The maximum atomic E-state index is 12.3. The minimum Gasteiger partial charge on any atom is -0.378 e. The summed E-state index contributed by atoms with van der Waals surface area (Å²) in [6.07, 6.45) is 0. The average molecular weight is 310 g/mol. The Morgan fingerprint density at radius 2 is 1.70 bits per heavy atom. The molecule has 1 aromatic carbocycles. The largest absolute Gasteiger partial charge is 0.378 e. The van der Waals surface area contributed by atoms with E-state index in [1.807, 2.05) is 45.0 Å². The van der Waals surface area contributed by atoms with Crippen molar-refractivity contribution in [2.24, 2.45) is 0 Å². The van der Waals surface area contributed by atoms with Crippen LogP contribution >= 0.6 is 11.3 Å². The summed E-state index contributed by atoms with van der Waals surface area (Å²) in [4.78, 5) is 4.12. The molecule has 0 aliphatic carbocycles. The van der Waals surface area contributed by atoms with Gasteiger partial charge in [0.15, 0.2) is 0 Å². The second kappa shape index (κ2) is 5.46. The number of thiophene rings is 1. The Balaban J connectivity index is 2.26. The van der Waals surface area contributed by atoms with Crippen LogP contribution in [0.4, 0.5) is 11.4 Å². The highest BCUT2D eigenvalue weighted by Crippen LogP contribution is 2.27. The van der Waals surface area contributed by atoms with Gasteiger partial charge in [0.1, 0.15) is 4.90 Å². The van der Waals surface area contributed by atoms with E-state index in [1.165, 1.54) is 11.3 Å². The van der Waals surface area contributed by atoms with Crippen molar-refractivity contribution in [3.8, 4) is 0 Å². The summed E-state index contributed by atoms with van der Waals surface area (Å²) < 4.78 is 27.3. The second-order valence-electron chi connectivity index (χ2n) is 4.82. The number of hydrogen-bond acceptors (Lipinski definition) is 4. The van der Waals surface area contributed by atoms with Gasteiger partial charge in [0, 0.05) is 35.2 Å². The van der Waals surface area contributed by atoms with Crippen LogP contribution in [0.3, 0.4) is 0 Å². The van der Waals surface area contributed by atoms with Crippen molar-refractivity contribution in [1.82, 2.24) is 0 Å². The molecular weight excluding hydrogens is 292 g/mol. The molecule has 0 bridgehead atoms. The van der Waals surface area contributed by atoms with E-state index in [1.54, 1.807) is 18.2 Å². The van der Waals surface area contributed by atoms with Crippen LogP contribution in [-0.2, 0) is 10.0 Å². The lowest BCUT2D eigenvalue weighted by molar-refractivity contribution is 0.601. The molecule has 6 heteroatoms. The fourth-order valence-electron chi connectivity index (χ4n) is 1.91. The van der Waals surface area contributed by atoms with E-state index in [9.17, 15) is 8.42 Å². The van der Waals surface area contributed by atoms with Crippen molar-refractivity contribution in [1.29, 1.82) is 0 Å². The van der Waals surface area contributed by atoms with Crippen LogP contribution in [0.5, 0.6) is 0 Å². The SMILES string of the molecule is Cc1cc(S(=O)(=O)Nc2ccc(N(C)C)cc2)c(C)s1. The highest BCUT2D eigenvalue weighted by atomic mass is 32.2. The van der Waals surface area contributed by atoms with Crippen LogP contribution in [0, 0.1) is 13.8 Å². The van der Waals surface area contributed by atoms with Gasteiger partial charge in [-0.1, -0.05) is 0 Å². The van der Waals surface area contributed by atoms with Gasteiger partial charge in [0.05, 0.1) is 0 Å². The molecule has 0 saturated heterocycles. The zero-order valence-corrected chi connectivity index (χ0v) is 13.6. The molecule has 1 N–H and O–H groups in total. The first-order chi connectivity index (χ1) is 9.29. The third-order valence-corrected chi connectivity index (χ3v) is 5.52. The smallest absolute Gasteiger partial charge is 0.262 e. The predicted molar refractivity (Wildman–Crippen MR) is 85.4 cm³/mol. The fourth-order valence-corrected chi connectivity index (χ4v) is 4.53. The summed E-state index contributed by atoms with van der Waals surface area (Å²) in [5.74, 6) is 0. The van der Waals surface area contributed by atoms with Gasteiger partial charge >= 0.3 is 0 Å². The number of sulfonamides is 1. The number of anilines is 2. The molecule has 0 radical (unpaired) electrons. The Bertz CT molecular complexity index is 701. The molecule has 4 nitrogen and oxygen atoms in total. The van der Waals surface area contributed by atoms with Gasteiger partial charge in [0.2, 0.25) is 0 Å². The molecule has 0 fully saturated rings. The molecule has 1 heterocycles. The number of nitrogens with zero attached hydrogens (tertiary/aromatic N) is 1. The van der Waals surface area contributed by atoms with E-state index < -0.39 is 10.0 Å². The number of hydrogen-bond donors (Lipinski definition) is 1. The molecule has 0 saturated carbocycles. The van der Waals surface area contributed by atoms with Crippen LogP contribution in [0.25, 0.3) is 0 Å². The molecule has 0 unspecified atom stereocenters. The molecular formula is C14H18N2O2S2. The molecule has 20 heavy (non-hydrogen) atoms. The van der Waals surface area contributed by atoms with Crippen LogP contribution in [0.15, 0.2) is 35.2 Å². The zero-order chi connectivity index (χ0) is 14.9. The standard InChI is InChI=1S/C14H18N2O2S2/c1-10-9-14(11(2)19-10)20(17,18)15-12-5-7-13(8-6-12)16(3)4/h5-9,15H,1-4H3. The molecule has 0 aliphatic heterocycles. The molecule has 2 rings (SSSR count). The molecule has 1 aromatic heterocycles. The predicted octanol–water partition coefficient (Wildman–Crippen LogP) is 3.23. The summed E-state index contributed by atoms with van der Waals surface area (Å²) in [5.41, 5.74) is 1.59. The van der Waals surface area contributed by atoms with Crippen LogP contribution < -0.4 is 9.62 Å². The van der Waals surface area contributed by atoms with Gasteiger partial charge in [0.25, 0.3) is 10.0 Å². The Labute approximate surface area is 124 Å². The van der Waals surface area contributed by atoms with E-state index in [0.29, 0.717) is 10.6 Å². The summed E-state index contributed by atoms with van der Waals surface area (Å²) in [6, 6.07) is 8.99. The first-order valence-electron chi connectivity index (χ1n) is 6.17. The molecule has 0 aliphatic rings. The Hall–Kier alpha value is -1.53. The minimum absolute atomic E-state index is 0.358. The Morgan fingerprint density at radius 3 is 2.15 bits per heavy atom. The Kier molecular flexibility index (Phi) is 4.06. The van der Waals surface area contributed by atoms with Crippen LogP contribution in [0.1, 0.15) is 9.75 Å². The number of aryl methyl sites for hydroxylation is 2. The summed E-state index contributed by atoms with van der Waals surface area (Å²) >= 11 is 1.49. The molecule has 2 aromatic rings. The van der Waals surface area contributed by atoms with Gasteiger partial charge in [-0.15, -0.1) is 11.3 Å². The summed E-state index contributed by atoms with van der Waals surface area (Å²) in [5, 5.41) is 0. The van der Waals surface area contributed by atoms with Gasteiger partial charge in [-0.05, 0) is 44.2 Å². The molecule has 0 amide bonds. The van der Waals surface area contributed by atoms with Gasteiger partial charge in [-0.25, -0.2) is 8.42 Å². The number of nitrogens with one attached hydrogen (secondary N) is 1. The van der Waals surface area contributed by atoms with Crippen molar-refractivity contribution in [3.63, 3.8) is 0 Å². The van der Waals surface area contributed by atoms with Crippen molar-refractivity contribution >= 4 is 32.7 Å². The fraction of sp³-hybridized carbons (Fsp3) is 0.286. The molecule has 0 spiro atoms.